The van der Waals surface area contributed by atoms with Crippen LogP contribution in [0.3, 0.4) is 0 Å². The first-order valence-electron chi connectivity index (χ1n) is 13.7. The van der Waals surface area contributed by atoms with Crippen LogP contribution in [-0.4, -0.2) is 5.91 Å². The van der Waals surface area contributed by atoms with Gasteiger partial charge in [-0.05, 0) is 47.0 Å². The van der Waals surface area contributed by atoms with E-state index in [1.807, 2.05) is 91.0 Å². The highest BCUT2D eigenvalue weighted by Crippen LogP contribution is 3.02. The molecule has 1 amide bonds. The van der Waals surface area contributed by atoms with Gasteiger partial charge in [0.25, 0.3) is 5.91 Å². The van der Waals surface area contributed by atoms with Crippen molar-refractivity contribution in [3.05, 3.63) is 150 Å². The summed E-state index contributed by atoms with van der Waals surface area (Å²) in [7, 11) is -9.97. The average molecular weight is 642 g/mol. The Morgan fingerprint density at radius 1 is 0.556 bits per heavy atom. The second-order valence-corrected chi connectivity index (χ2v) is 12.5. The minimum Gasteiger partial charge on any atom is -0.485 e. The van der Waals surface area contributed by atoms with E-state index in [-0.39, 0.29) is 54.8 Å². The number of halogens is 5. The van der Waals surface area contributed by atoms with Gasteiger partial charge in [-0.25, -0.2) is 0 Å². The van der Waals surface area contributed by atoms with Crippen molar-refractivity contribution in [3.8, 4) is 17.2 Å². The van der Waals surface area contributed by atoms with E-state index in [2.05, 4.69) is 5.32 Å². The van der Waals surface area contributed by atoms with Crippen LogP contribution in [0.4, 0.5) is 25.1 Å². The van der Waals surface area contributed by atoms with Gasteiger partial charge in [-0.15, -0.1) is 0 Å². The first-order valence-corrected chi connectivity index (χ1v) is 15.6. The van der Waals surface area contributed by atoms with Gasteiger partial charge in [0, 0.05) is 11.3 Å². The molecule has 0 aliphatic heterocycles. The minimum atomic E-state index is -9.97. The molecule has 5 rings (SSSR count). The highest BCUT2D eigenvalue weighted by Gasteiger charge is 2.65. The number of carbonyl (C=O) groups is 1. The molecule has 0 bridgehead atoms. The smallest absolute Gasteiger partial charge is 0.310 e. The zero-order valence-corrected chi connectivity index (χ0v) is 24.5. The van der Waals surface area contributed by atoms with Gasteiger partial charge >= 0.3 is 10.2 Å². The minimum absolute atomic E-state index is 0.0640. The highest BCUT2D eigenvalue weighted by atomic mass is 32.5. The van der Waals surface area contributed by atoms with E-state index in [1.165, 1.54) is 12.1 Å². The second kappa shape index (κ2) is 12.2. The Morgan fingerprint density at radius 3 is 1.44 bits per heavy atom. The SMILES string of the molecule is O=C(Nc1cccc(S(F)(F)(F)(F)F)c1)c1cc(OCc2ccccc2)c(OCc2ccccc2)c(OCc2ccccc2)c1. The van der Waals surface area contributed by atoms with Crippen LogP contribution in [0.25, 0.3) is 0 Å². The molecule has 5 nitrogen and oxygen atoms in total. The third-order valence-electron chi connectivity index (χ3n) is 6.52. The number of hydrogen-bond donors (Lipinski definition) is 1. The van der Waals surface area contributed by atoms with Crippen molar-refractivity contribution < 1.29 is 38.4 Å². The van der Waals surface area contributed by atoms with Gasteiger partial charge in [-0.2, -0.15) is 0 Å². The molecule has 0 fully saturated rings. The van der Waals surface area contributed by atoms with Gasteiger partial charge < -0.3 is 19.5 Å². The van der Waals surface area contributed by atoms with Crippen LogP contribution >= 0.6 is 10.2 Å². The van der Waals surface area contributed by atoms with Crippen molar-refractivity contribution in [2.75, 3.05) is 5.32 Å². The van der Waals surface area contributed by atoms with Crippen molar-refractivity contribution >= 4 is 21.8 Å². The molecule has 1 N–H and O–H groups in total. The van der Waals surface area contributed by atoms with E-state index in [1.54, 1.807) is 0 Å². The van der Waals surface area contributed by atoms with Crippen LogP contribution in [-0.2, 0) is 19.8 Å². The predicted molar refractivity (Wildman–Crippen MR) is 165 cm³/mol. The molecule has 0 saturated heterocycles. The fourth-order valence-electron chi connectivity index (χ4n) is 4.28. The summed E-state index contributed by atoms with van der Waals surface area (Å²) in [5.74, 6) is -0.416. The Bertz CT molecular complexity index is 1710. The zero-order chi connectivity index (χ0) is 32.0. The largest absolute Gasteiger partial charge is 0.485 e. The number of amides is 1. The van der Waals surface area contributed by atoms with E-state index >= 15 is 0 Å². The molecular formula is C34H28F5NO4S. The number of carbonyl (C=O) groups excluding carboxylic acids is 1. The molecule has 0 aromatic heterocycles. The van der Waals surface area contributed by atoms with Gasteiger partial charge in [-0.1, -0.05) is 116 Å². The summed E-state index contributed by atoms with van der Waals surface area (Å²) in [6.07, 6.45) is 0. The summed E-state index contributed by atoms with van der Waals surface area (Å²) in [5.41, 5.74) is 1.97. The van der Waals surface area contributed by atoms with Crippen molar-refractivity contribution in [3.63, 3.8) is 0 Å². The van der Waals surface area contributed by atoms with E-state index in [0.29, 0.717) is 0 Å². The first kappa shape index (κ1) is 31.4. The lowest BCUT2D eigenvalue weighted by Crippen LogP contribution is -2.14. The van der Waals surface area contributed by atoms with E-state index < -0.39 is 26.7 Å². The topological polar surface area (TPSA) is 56.8 Å². The summed E-state index contributed by atoms with van der Waals surface area (Å²) < 4.78 is 85.5. The molecule has 5 aromatic rings. The number of rotatable bonds is 12. The molecular weight excluding hydrogens is 613 g/mol. The monoisotopic (exact) mass is 641 g/mol. The van der Waals surface area contributed by atoms with Crippen LogP contribution < -0.4 is 19.5 Å². The van der Waals surface area contributed by atoms with E-state index in [9.17, 15) is 24.2 Å². The maximum atomic E-state index is 13.4. The number of nitrogens with one attached hydrogen (secondary N) is 1. The van der Waals surface area contributed by atoms with Crippen LogP contribution in [0, 0.1) is 0 Å². The summed E-state index contributed by atoms with van der Waals surface area (Å²) in [5, 5.41) is 2.28. The number of ether oxygens (including phenoxy) is 3. The van der Waals surface area contributed by atoms with Crippen molar-refractivity contribution in [1.82, 2.24) is 0 Å². The average Bonchev–Trinajstić information content (AvgIpc) is 3.02. The maximum absolute atomic E-state index is 13.4. The number of anilines is 1. The van der Waals surface area contributed by atoms with Crippen LogP contribution in [0.15, 0.2) is 132 Å². The molecule has 0 unspecified atom stereocenters. The van der Waals surface area contributed by atoms with Crippen LogP contribution in [0.5, 0.6) is 17.2 Å². The molecule has 0 aliphatic rings. The molecule has 0 radical (unpaired) electrons. The van der Waals surface area contributed by atoms with E-state index in [4.69, 9.17) is 14.2 Å². The third-order valence-corrected chi connectivity index (χ3v) is 7.67. The molecule has 5 aromatic carbocycles. The lowest BCUT2D eigenvalue weighted by atomic mass is 10.1. The van der Waals surface area contributed by atoms with Gasteiger partial charge in [0.1, 0.15) is 24.7 Å². The Balaban J connectivity index is 1.51. The van der Waals surface area contributed by atoms with Crippen molar-refractivity contribution in [2.24, 2.45) is 0 Å². The third kappa shape index (κ3) is 8.76. The molecule has 45 heavy (non-hydrogen) atoms. The summed E-state index contributed by atoms with van der Waals surface area (Å²) in [6.45, 7) is 0.326. The van der Waals surface area contributed by atoms with Gasteiger partial charge in [-0.3, -0.25) is 4.79 Å². The summed E-state index contributed by atoms with van der Waals surface area (Å²) in [6, 6.07) is 32.8. The van der Waals surface area contributed by atoms with Crippen molar-refractivity contribution in [2.45, 2.75) is 24.7 Å². The molecule has 0 heterocycles. The lowest BCUT2D eigenvalue weighted by Gasteiger charge is -2.40. The molecule has 0 aliphatic carbocycles. The Morgan fingerprint density at radius 2 is 1.00 bits per heavy atom. The molecule has 0 saturated carbocycles. The van der Waals surface area contributed by atoms with Crippen LogP contribution in [0.1, 0.15) is 27.0 Å². The summed E-state index contributed by atoms with van der Waals surface area (Å²) in [4.78, 5) is 11.2. The molecule has 234 valence electrons. The fraction of sp³-hybridized carbons (Fsp3) is 0.0882. The first-order chi connectivity index (χ1) is 21.3. The highest BCUT2D eigenvalue weighted by molar-refractivity contribution is 8.45. The summed E-state index contributed by atoms with van der Waals surface area (Å²) >= 11 is 0. The quantitative estimate of drug-likeness (QED) is 0.138. The second-order valence-electron chi connectivity index (χ2n) is 10.1. The fourth-order valence-corrected chi connectivity index (χ4v) is 4.97. The Kier molecular flexibility index (Phi) is 8.48. The Hall–Kier alpha value is -5.03. The van der Waals surface area contributed by atoms with Crippen LogP contribution in [0.2, 0.25) is 0 Å². The Labute approximate surface area is 256 Å². The molecule has 0 spiro atoms. The lowest BCUT2D eigenvalue weighted by molar-refractivity contribution is 0.102. The standard InChI is InChI=1S/C34H28F5NO4S/c35-45(36,37,38,39)30-18-10-17-29(21-30)40-34(41)28-19-31(42-22-25-11-4-1-5-12-25)33(44-24-27-15-8-3-9-16-27)32(20-28)43-23-26-13-6-2-7-14-26/h1-21H,22-24H2,(H,40,41). The molecule has 11 heteroatoms. The number of hydrogen-bond acceptors (Lipinski definition) is 4. The van der Waals surface area contributed by atoms with Gasteiger partial charge in [0.2, 0.25) is 5.75 Å². The number of benzene rings is 5. The van der Waals surface area contributed by atoms with E-state index in [0.717, 1.165) is 28.8 Å². The molecule has 0 atom stereocenters. The van der Waals surface area contributed by atoms with Gasteiger partial charge in [0.05, 0.1) is 0 Å². The van der Waals surface area contributed by atoms with Crippen molar-refractivity contribution in [1.29, 1.82) is 0 Å². The normalized spacial score (nSPS) is 12.8. The maximum Gasteiger partial charge on any atom is 0.310 e. The predicted octanol–water partition coefficient (Wildman–Crippen LogP) is 10.3. The zero-order valence-electron chi connectivity index (χ0n) is 23.7. The van der Waals surface area contributed by atoms with Gasteiger partial charge in [0.15, 0.2) is 11.5 Å².